The van der Waals surface area contributed by atoms with Crippen molar-refractivity contribution in [2.24, 2.45) is 0 Å². The van der Waals surface area contributed by atoms with Crippen LogP contribution in [0.25, 0.3) is 0 Å². The summed E-state index contributed by atoms with van der Waals surface area (Å²) in [5.41, 5.74) is 0.708. The highest BCUT2D eigenvalue weighted by atomic mass is 19.1. The van der Waals surface area contributed by atoms with Crippen molar-refractivity contribution in [2.75, 3.05) is 13.2 Å². The second-order valence-electron chi connectivity index (χ2n) is 5.65. The summed E-state index contributed by atoms with van der Waals surface area (Å²) in [6.45, 7) is 9.03. The predicted octanol–water partition coefficient (Wildman–Crippen LogP) is 4.68. The van der Waals surface area contributed by atoms with Crippen LogP contribution in [0.4, 0.5) is 4.39 Å². The van der Waals surface area contributed by atoms with Gasteiger partial charge in [-0.05, 0) is 50.7 Å². The normalized spacial score (nSPS) is 21.5. The molecule has 0 spiro atoms. The molecule has 1 aliphatic rings. The van der Waals surface area contributed by atoms with E-state index in [0.717, 1.165) is 19.3 Å². The third-order valence-electron chi connectivity index (χ3n) is 4.20. The molecule has 3 nitrogen and oxygen atoms in total. The van der Waals surface area contributed by atoms with Gasteiger partial charge in [0, 0.05) is 6.07 Å². The number of ether oxygens (including phenoxy) is 3. The summed E-state index contributed by atoms with van der Waals surface area (Å²) in [7, 11) is 0. The second-order valence-corrected chi connectivity index (χ2v) is 5.65. The van der Waals surface area contributed by atoms with Crippen LogP contribution in [-0.2, 0) is 4.74 Å². The molecule has 124 valence electrons. The molecule has 2 rings (SSSR count). The molecular formula is C18H27FO3. The summed E-state index contributed by atoms with van der Waals surface area (Å²) >= 11 is 0. The molecule has 0 aromatic heterocycles. The molecule has 0 N–H and O–H groups in total. The minimum Gasteiger partial charge on any atom is -0.490 e. The highest BCUT2D eigenvalue weighted by Crippen LogP contribution is 2.40. The zero-order chi connectivity index (χ0) is 16.1. The molecule has 0 aliphatic carbocycles. The van der Waals surface area contributed by atoms with Crippen LogP contribution in [0.1, 0.15) is 58.4 Å². The van der Waals surface area contributed by atoms with Crippen LogP contribution >= 0.6 is 0 Å². The molecule has 1 fully saturated rings. The SMILES string of the molecule is CCOc1cc(F)c(C(CC)CC2OC2CC)cc1OCC. The molecule has 3 atom stereocenters. The summed E-state index contributed by atoms with van der Waals surface area (Å²) in [6, 6.07) is 3.26. The Hall–Kier alpha value is -1.29. The van der Waals surface area contributed by atoms with Crippen molar-refractivity contribution >= 4 is 0 Å². The average molecular weight is 310 g/mol. The highest BCUT2D eigenvalue weighted by molar-refractivity contribution is 5.45. The Bertz CT molecular complexity index is 489. The van der Waals surface area contributed by atoms with Crippen LogP contribution in [0, 0.1) is 5.82 Å². The van der Waals surface area contributed by atoms with Gasteiger partial charge in [0.05, 0.1) is 25.4 Å². The fourth-order valence-corrected chi connectivity index (χ4v) is 2.94. The lowest BCUT2D eigenvalue weighted by atomic mass is 9.90. The number of hydrogen-bond acceptors (Lipinski definition) is 3. The van der Waals surface area contributed by atoms with Gasteiger partial charge in [-0.25, -0.2) is 4.39 Å². The minimum absolute atomic E-state index is 0.149. The fraction of sp³-hybridized carbons (Fsp3) is 0.667. The Morgan fingerprint density at radius 2 is 1.68 bits per heavy atom. The molecule has 0 bridgehead atoms. The van der Waals surface area contributed by atoms with Crippen molar-refractivity contribution in [1.29, 1.82) is 0 Å². The molecule has 22 heavy (non-hydrogen) atoms. The van der Waals surface area contributed by atoms with Gasteiger partial charge in [-0.3, -0.25) is 0 Å². The maximum absolute atomic E-state index is 14.5. The highest BCUT2D eigenvalue weighted by Gasteiger charge is 2.39. The van der Waals surface area contributed by atoms with E-state index < -0.39 is 0 Å². The number of epoxide rings is 1. The summed E-state index contributed by atoms with van der Waals surface area (Å²) in [6.07, 6.45) is 3.40. The molecule has 1 aromatic carbocycles. The Morgan fingerprint density at radius 3 is 2.18 bits per heavy atom. The molecule has 0 saturated carbocycles. The third-order valence-corrected chi connectivity index (χ3v) is 4.20. The lowest BCUT2D eigenvalue weighted by Gasteiger charge is -2.19. The van der Waals surface area contributed by atoms with Crippen molar-refractivity contribution in [2.45, 2.75) is 65.1 Å². The van der Waals surface area contributed by atoms with E-state index in [1.54, 1.807) is 6.07 Å². The minimum atomic E-state index is -0.215. The number of halogens is 1. The van der Waals surface area contributed by atoms with Crippen LogP contribution in [0.3, 0.4) is 0 Å². The van der Waals surface area contributed by atoms with Crippen molar-refractivity contribution in [1.82, 2.24) is 0 Å². The van der Waals surface area contributed by atoms with E-state index >= 15 is 0 Å². The smallest absolute Gasteiger partial charge is 0.164 e. The molecule has 1 aliphatic heterocycles. The monoisotopic (exact) mass is 310 g/mol. The first kappa shape index (κ1) is 17.1. The Balaban J connectivity index is 2.21. The summed E-state index contributed by atoms with van der Waals surface area (Å²) < 4.78 is 31.2. The number of benzene rings is 1. The van der Waals surface area contributed by atoms with Crippen LogP contribution in [0.5, 0.6) is 11.5 Å². The average Bonchev–Trinajstić information content (AvgIpc) is 3.26. The first-order valence-electron chi connectivity index (χ1n) is 8.38. The zero-order valence-corrected chi connectivity index (χ0v) is 14.0. The van der Waals surface area contributed by atoms with Gasteiger partial charge in [-0.1, -0.05) is 13.8 Å². The van der Waals surface area contributed by atoms with E-state index in [-0.39, 0.29) is 17.8 Å². The van der Waals surface area contributed by atoms with Gasteiger partial charge in [0.25, 0.3) is 0 Å². The van der Waals surface area contributed by atoms with Crippen LogP contribution in [0.15, 0.2) is 12.1 Å². The Labute approximate surface area is 132 Å². The molecule has 1 aromatic rings. The molecule has 1 saturated heterocycles. The predicted molar refractivity (Wildman–Crippen MR) is 85.3 cm³/mol. The maximum atomic E-state index is 14.5. The number of rotatable bonds is 9. The largest absolute Gasteiger partial charge is 0.490 e. The van der Waals surface area contributed by atoms with Crippen molar-refractivity contribution in [3.05, 3.63) is 23.5 Å². The van der Waals surface area contributed by atoms with Gasteiger partial charge in [0.2, 0.25) is 0 Å². The summed E-state index contributed by atoms with van der Waals surface area (Å²) in [5, 5.41) is 0. The first-order chi connectivity index (χ1) is 10.6. The third kappa shape index (κ3) is 3.92. The van der Waals surface area contributed by atoms with Gasteiger partial charge in [0.15, 0.2) is 11.5 Å². The number of hydrogen-bond donors (Lipinski definition) is 0. The topological polar surface area (TPSA) is 31.0 Å². The molecule has 4 heteroatoms. The fourth-order valence-electron chi connectivity index (χ4n) is 2.94. The van der Waals surface area contributed by atoms with E-state index in [2.05, 4.69) is 13.8 Å². The van der Waals surface area contributed by atoms with Gasteiger partial charge in [-0.2, -0.15) is 0 Å². The Morgan fingerprint density at radius 1 is 1.05 bits per heavy atom. The van der Waals surface area contributed by atoms with Crippen molar-refractivity contribution in [3.63, 3.8) is 0 Å². The van der Waals surface area contributed by atoms with E-state index in [4.69, 9.17) is 14.2 Å². The van der Waals surface area contributed by atoms with E-state index in [1.807, 2.05) is 13.8 Å². The van der Waals surface area contributed by atoms with Crippen molar-refractivity contribution < 1.29 is 18.6 Å². The molecule has 0 radical (unpaired) electrons. The second kappa shape index (κ2) is 7.82. The summed E-state index contributed by atoms with van der Waals surface area (Å²) in [4.78, 5) is 0. The quantitative estimate of drug-likeness (QED) is 0.620. The maximum Gasteiger partial charge on any atom is 0.164 e. The van der Waals surface area contributed by atoms with E-state index in [9.17, 15) is 4.39 Å². The zero-order valence-electron chi connectivity index (χ0n) is 14.0. The van der Waals surface area contributed by atoms with Crippen LogP contribution in [-0.4, -0.2) is 25.4 Å². The molecular weight excluding hydrogens is 283 g/mol. The van der Waals surface area contributed by atoms with Crippen molar-refractivity contribution in [3.8, 4) is 11.5 Å². The van der Waals surface area contributed by atoms with Gasteiger partial charge < -0.3 is 14.2 Å². The molecule has 0 amide bonds. The van der Waals surface area contributed by atoms with E-state index in [0.29, 0.717) is 36.4 Å². The van der Waals surface area contributed by atoms with Crippen LogP contribution < -0.4 is 9.47 Å². The summed E-state index contributed by atoms with van der Waals surface area (Å²) in [5.74, 6) is 1.04. The lowest BCUT2D eigenvalue weighted by molar-refractivity contribution is 0.285. The van der Waals surface area contributed by atoms with Gasteiger partial charge in [-0.15, -0.1) is 0 Å². The molecule has 1 heterocycles. The lowest BCUT2D eigenvalue weighted by Crippen LogP contribution is -2.08. The first-order valence-corrected chi connectivity index (χ1v) is 8.38. The van der Waals surface area contributed by atoms with Gasteiger partial charge >= 0.3 is 0 Å². The standard InChI is InChI=1S/C18H27FO3/c1-5-12(9-18-15(6-2)22-18)13-10-16(20-7-3)17(21-8-4)11-14(13)19/h10-12,15,18H,5-9H2,1-4H3. The molecule has 3 unspecified atom stereocenters. The van der Waals surface area contributed by atoms with E-state index in [1.165, 1.54) is 6.07 Å². The Kier molecular flexibility index (Phi) is 6.07. The van der Waals surface area contributed by atoms with Gasteiger partial charge in [0.1, 0.15) is 5.82 Å². The van der Waals surface area contributed by atoms with Crippen LogP contribution in [0.2, 0.25) is 0 Å².